The van der Waals surface area contributed by atoms with E-state index in [4.69, 9.17) is 4.74 Å². The lowest BCUT2D eigenvalue weighted by atomic mass is 9.95. The fourth-order valence-electron chi connectivity index (χ4n) is 3.12. The van der Waals surface area contributed by atoms with E-state index in [0.717, 1.165) is 37.0 Å². The Morgan fingerprint density at radius 3 is 2.80 bits per heavy atom. The predicted molar refractivity (Wildman–Crippen MR) is 94.9 cm³/mol. The standard InChI is InChI=1S/C17H21N3O4S/c1-10-13-15(18-9-20(2)16(13)22)25-14(10)17(23)24-8-12(21)19-11-6-4-3-5-7-11/h9,11H,3-8H2,1-2H3,(H,19,21). The number of fused-ring (bicyclic) bond motifs is 1. The third-order valence-electron chi connectivity index (χ3n) is 4.50. The van der Waals surface area contributed by atoms with Gasteiger partial charge in [0.15, 0.2) is 6.61 Å². The molecule has 2 aromatic heterocycles. The van der Waals surface area contributed by atoms with E-state index in [1.54, 1.807) is 14.0 Å². The summed E-state index contributed by atoms with van der Waals surface area (Å²) in [4.78, 5) is 41.4. The maximum absolute atomic E-state index is 12.3. The number of thiophene rings is 1. The van der Waals surface area contributed by atoms with Gasteiger partial charge in [0, 0.05) is 13.1 Å². The lowest BCUT2D eigenvalue weighted by molar-refractivity contribution is -0.125. The van der Waals surface area contributed by atoms with Gasteiger partial charge in [-0.2, -0.15) is 0 Å². The van der Waals surface area contributed by atoms with Gasteiger partial charge in [-0.1, -0.05) is 19.3 Å². The van der Waals surface area contributed by atoms with Gasteiger partial charge in [-0.25, -0.2) is 9.78 Å². The van der Waals surface area contributed by atoms with Gasteiger partial charge in [-0.3, -0.25) is 9.59 Å². The van der Waals surface area contributed by atoms with Crippen LogP contribution in [0.2, 0.25) is 0 Å². The van der Waals surface area contributed by atoms with Crippen LogP contribution in [-0.2, 0) is 16.6 Å². The Balaban J connectivity index is 1.66. The van der Waals surface area contributed by atoms with Crippen LogP contribution in [0.25, 0.3) is 10.2 Å². The molecule has 2 aromatic rings. The summed E-state index contributed by atoms with van der Waals surface area (Å²) in [5.41, 5.74) is 0.347. The highest BCUT2D eigenvalue weighted by atomic mass is 32.1. The topological polar surface area (TPSA) is 90.3 Å². The Kier molecular flexibility index (Phi) is 5.17. The van der Waals surface area contributed by atoms with Crippen molar-refractivity contribution in [2.75, 3.05) is 6.61 Å². The molecule has 3 rings (SSSR count). The van der Waals surface area contributed by atoms with Gasteiger partial charge in [0.1, 0.15) is 9.71 Å². The summed E-state index contributed by atoms with van der Waals surface area (Å²) in [7, 11) is 1.61. The zero-order valence-corrected chi connectivity index (χ0v) is 15.1. The maximum Gasteiger partial charge on any atom is 0.349 e. The van der Waals surface area contributed by atoms with Crippen LogP contribution < -0.4 is 10.9 Å². The van der Waals surface area contributed by atoms with Crippen molar-refractivity contribution in [2.45, 2.75) is 45.1 Å². The molecule has 1 aliphatic rings. The van der Waals surface area contributed by atoms with E-state index < -0.39 is 5.97 Å². The van der Waals surface area contributed by atoms with Crippen molar-refractivity contribution in [1.29, 1.82) is 0 Å². The van der Waals surface area contributed by atoms with Gasteiger partial charge >= 0.3 is 5.97 Å². The minimum absolute atomic E-state index is 0.179. The molecule has 0 unspecified atom stereocenters. The summed E-state index contributed by atoms with van der Waals surface area (Å²) >= 11 is 1.11. The van der Waals surface area contributed by atoms with Gasteiger partial charge in [0.05, 0.1) is 11.7 Å². The first kappa shape index (κ1) is 17.6. The summed E-state index contributed by atoms with van der Waals surface area (Å²) in [6, 6.07) is 0.179. The van der Waals surface area contributed by atoms with Crippen LogP contribution in [-0.4, -0.2) is 34.1 Å². The van der Waals surface area contributed by atoms with Crippen molar-refractivity contribution in [1.82, 2.24) is 14.9 Å². The molecule has 1 N–H and O–H groups in total. The number of esters is 1. The number of rotatable bonds is 4. The normalized spacial score (nSPS) is 15.3. The Bertz CT molecular complexity index is 865. The van der Waals surface area contributed by atoms with Crippen molar-refractivity contribution < 1.29 is 14.3 Å². The molecule has 0 aromatic carbocycles. The molecule has 7 nitrogen and oxygen atoms in total. The molecule has 1 fully saturated rings. The molecular weight excluding hydrogens is 342 g/mol. The average molecular weight is 363 g/mol. The highest BCUT2D eigenvalue weighted by molar-refractivity contribution is 7.20. The molecular formula is C17H21N3O4S. The van der Waals surface area contributed by atoms with E-state index in [1.165, 1.54) is 17.3 Å². The van der Waals surface area contributed by atoms with Crippen molar-refractivity contribution in [3.05, 3.63) is 27.1 Å². The maximum atomic E-state index is 12.3. The van der Waals surface area contributed by atoms with E-state index in [2.05, 4.69) is 10.3 Å². The summed E-state index contributed by atoms with van der Waals surface area (Å²) < 4.78 is 6.50. The molecule has 0 atom stereocenters. The molecule has 25 heavy (non-hydrogen) atoms. The van der Waals surface area contributed by atoms with Crippen molar-refractivity contribution >= 4 is 33.4 Å². The molecule has 8 heteroatoms. The van der Waals surface area contributed by atoms with Crippen LogP contribution in [0, 0.1) is 6.92 Å². The molecule has 0 spiro atoms. The van der Waals surface area contributed by atoms with Crippen molar-refractivity contribution in [3.8, 4) is 0 Å². The lowest BCUT2D eigenvalue weighted by Gasteiger charge is -2.22. The second kappa shape index (κ2) is 7.35. The number of nitrogens with zero attached hydrogens (tertiary/aromatic N) is 2. The third kappa shape index (κ3) is 3.73. The second-order valence-corrected chi connectivity index (χ2v) is 7.37. The van der Waals surface area contributed by atoms with Crippen molar-refractivity contribution in [3.63, 3.8) is 0 Å². The van der Waals surface area contributed by atoms with Crippen LogP contribution in [0.15, 0.2) is 11.1 Å². The highest BCUT2D eigenvalue weighted by Gasteiger charge is 2.22. The lowest BCUT2D eigenvalue weighted by Crippen LogP contribution is -2.38. The fourth-order valence-corrected chi connectivity index (χ4v) is 4.15. The Morgan fingerprint density at radius 1 is 1.36 bits per heavy atom. The number of ether oxygens (including phenoxy) is 1. The third-order valence-corrected chi connectivity index (χ3v) is 5.68. The minimum atomic E-state index is -0.596. The number of carbonyl (C=O) groups is 2. The number of amides is 1. The van der Waals surface area contributed by atoms with Crippen LogP contribution in [0.5, 0.6) is 0 Å². The summed E-state index contributed by atoms with van der Waals surface area (Å²) in [6.45, 7) is 1.38. The highest BCUT2D eigenvalue weighted by Crippen LogP contribution is 2.27. The molecule has 0 saturated heterocycles. The quantitative estimate of drug-likeness (QED) is 0.838. The zero-order valence-electron chi connectivity index (χ0n) is 14.3. The summed E-state index contributed by atoms with van der Waals surface area (Å²) in [6.07, 6.45) is 6.82. The molecule has 0 radical (unpaired) electrons. The molecule has 134 valence electrons. The van der Waals surface area contributed by atoms with E-state index in [1.807, 2.05) is 0 Å². The number of carbonyl (C=O) groups excluding carboxylic acids is 2. The SMILES string of the molecule is Cc1c(C(=O)OCC(=O)NC2CCCCC2)sc2ncn(C)c(=O)c12. The predicted octanol–water partition coefficient (Wildman–Crippen LogP) is 1.91. The number of aromatic nitrogens is 2. The van der Waals surface area contributed by atoms with E-state index in [9.17, 15) is 14.4 Å². The second-order valence-electron chi connectivity index (χ2n) is 6.38. The number of aryl methyl sites for hydroxylation is 2. The van der Waals surface area contributed by atoms with Gasteiger partial charge in [-0.15, -0.1) is 11.3 Å². The number of hydrogen-bond donors (Lipinski definition) is 1. The Labute approximate surface area is 149 Å². The first-order chi connectivity index (χ1) is 12.0. The molecule has 1 amide bonds. The molecule has 2 heterocycles. The number of hydrogen-bond acceptors (Lipinski definition) is 6. The van der Waals surface area contributed by atoms with Gasteiger partial charge in [-0.05, 0) is 25.3 Å². The molecule has 0 bridgehead atoms. The fraction of sp³-hybridized carbons (Fsp3) is 0.529. The van der Waals surface area contributed by atoms with Gasteiger partial charge < -0.3 is 14.6 Å². The van der Waals surface area contributed by atoms with Gasteiger partial charge in [0.2, 0.25) is 0 Å². The largest absolute Gasteiger partial charge is 0.451 e. The minimum Gasteiger partial charge on any atom is -0.451 e. The van der Waals surface area contributed by atoms with Gasteiger partial charge in [0.25, 0.3) is 11.5 Å². The molecule has 1 aliphatic carbocycles. The Hall–Kier alpha value is -2.22. The van der Waals surface area contributed by atoms with E-state index in [0.29, 0.717) is 20.7 Å². The summed E-state index contributed by atoms with van der Waals surface area (Å²) in [5, 5.41) is 3.33. The average Bonchev–Trinajstić information content (AvgIpc) is 2.94. The van der Waals surface area contributed by atoms with Crippen LogP contribution >= 0.6 is 11.3 Å². The zero-order chi connectivity index (χ0) is 18.0. The molecule has 0 aliphatic heterocycles. The van der Waals surface area contributed by atoms with E-state index in [-0.39, 0.29) is 24.1 Å². The van der Waals surface area contributed by atoms with E-state index >= 15 is 0 Å². The molecule has 1 saturated carbocycles. The van der Waals surface area contributed by atoms with Crippen LogP contribution in [0.3, 0.4) is 0 Å². The summed E-state index contributed by atoms with van der Waals surface area (Å²) in [5.74, 6) is -0.880. The smallest absolute Gasteiger partial charge is 0.349 e. The van der Waals surface area contributed by atoms with Crippen molar-refractivity contribution in [2.24, 2.45) is 7.05 Å². The number of nitrogens with one attached hydrogen (secondary N) is 1. The first-order valence-corrected chi connectivity index (χ1v) is 9.20. The monoisotopic (exact) mass is 363 g/mol. The van der Waals surface area contributed by atoms with Crippen LogP contribution in [0.1, 0.15) is 47.3 Å². The Morgan fingerprint density at radius 2 is 2.08 bits per heavy atom. The first-order valence-electron chi connectivity index (χ1n) is 8.38. The van der Waals surface area contributed by atoms with Crippen LogP contribution in [0.4, 0.5) is 0 Å².